The van der Waals surface area contributed by atoms with E-state index in [1.165, 1.54) is 84.0 Å². The van der Waals surface area contributed by atoms with Crippen LogP contribution in [0.1, 0.15) is 0 Å². The second-order valence-electron chi connectivity index (χ2n) is 19.3. The molecule has 6 heterocycles. The molecule has 0 aliphatic carbocycles. The van der Waals surface area contributed by atoms with E-state index in [2.05, 4.69) is 209 Å². The third-order valence-electron chi connectivity index (χ3n) is 15.0. The zero-order valence-electron chi connectivity index (χ0n) is 40.6. The maximum absolute atomic E-state index is 5.43. The first-order valence-corrected chi connectivity index (χ1v) is 27.1. The van der Waals surface area contributed by atoms with Crippen LogP contribution in [0, 0.1) is 0 Å². The van der Waals surface area contributed by atoms with Gasteiger partial charge in [0.1, 0.15) is 0 Å². The Kier molecular flexibility index (Phi) is 9.57. The van der Waals surface area contributed by atoms with Gasteiger partial charge in [-0.1, -0.05) is 158 Å². The summed E-state index contributed by atoms with van der Waals surface area (Å²) in [4.78, 5) is 21.1. The maximum Gasteiger partial charge on any atom is 0.166 e. The summed E-state index contributed by atoms with van der Waals surface area (Å²) in [6.07, 6.45) is 2.02. The molecule has 0 spiro atoms. The number of thiophene rings is 2. The van der Waals surface area contributed by atoms with Crippen molar-refractivity contribution in [2.24, 2.45) is 0 Å². The molecular formula is C68H40N6S2. The van der Waals surface area contributed by atoms with Crippen LogP contribution in [0.2, 0.25) is 0 Å². The van der Waals surface area contributed by atoms with Gasteiger partial charge in [0.25, 0.3) is 0 Å². The van der Waals surface area contributed by atoms with Gasteiger partial charge < -0.3 is 9.13 Å². The molecular weight excluding hydrogens is 965 g/mol. The van der Waals surface area contributed by atoms with E-state index in [1.807, 2.05) is 65.3 Å². The molecule has 0 amide bonds. The molecule has 0 aliphatic heterocycles. The molecule has 16 aromatic rings. The minimum atomic E-state index is 0.559. The normalized spacial score (nSPS) is 11.9. The van der Waals surface area contributed by atoms with Crippen molar-refractivity contribution in [3.05, 3.63) is 243 Å². The standard InChI is InChI=1S/C68H40N6S2/c1-5-17-41(18-6-1)66-70-67(42-19-7-2-8-20-42)72-68(71-66)52-37-45(43-29-31-50-59(38-43)75-57-35-33-55-61(63(50)57)48-25-13-15-27-53(48)73(55)46-21-9-3-10-22-46)40-69-65(52)44-30-32-51-60(39-44)76-58-36-34-56-62(64(51)58)49-26-14-16-28-54(49)74(56)47-23-11-4-12-24-47/h1-40H. The van der Waals surface area contributed by atoms with Crippen molar-refractivity contribution in [3.8, 4) is 67.9 Å². The summed E-state index contributed by atoms with van der Waals surface area (Å²) in [6, 6.07) is 84.4. The van der Waals surface area contributed by atoms with Crippen molar-refractivity contribution in [3.63, 3.8) is 0 Å². The fraction of sp³-hybridized carbons (Fsp3) is 0. The highest BCUT2D eigenvalue weighted by molar-refractivity contribution is 7.26. The monoisotopic (exact) mass is 1000 g/mol. The molecule has 0 saturated heterocycles. The molecule has 16 rings (SSSR count). The highest BCUT2D eigenvalue weighted by Crippen LogP contribution is 2.47. The highest BCUT2D eigenvalue weighted by atomic mass is 32.1. The van der Waals surface area contributed by atoms with Crippen molar-refractivity contribution in [2.45, 2.75) is 0 Å². The molecule has 0 bridgehead atoms. The van der Waals surface area contributed by atoms with Crippen molar-refractivity contribution in [1.82, 2.24) is 29.1 Å². The van der Waals surface area contributed by atoms with Gasteiger partial charge in [-0.05, 0) is 84.4 Å². The smallest absolute Gasteiger partial charge is 0.166 e. The first kappa shape index (κ1) is 42.9. The van der Waals surface area contributed by atoms with Crippen LogP contribution in [-0.2, 0) is 0 Å². The van der Waals surface area contributed by atoms with Crippen molar-refractivity contribution < 1.29 is 0 Å². The third-order valence-corrected chi connectivity index (χ3v) is 17.2. The Hall–Kier alpha value is -9.60. The van der Waals surface area contributed by atoms with Crippen molar-refractivity contribution in [1.29, 1.82) is 0 Å². The van der Waals surface area contributed by atoms with Crippen LogP contribution in [-0.4, -0.2) is 29.1 Å². The number of hydrogen-bond donors (Lipinski definition) is 0. The summed E-state index contributed by atoms with van der Waals surface area (Å²) in [5.41, 5.74) is 13.6. The number of aromatic nitrogens is 6. The van der Waals surface area contributed by atoms with E-state index in [9.17, 15) is 0 Å². The Labute approximate surface area is 443 Å². The molecule has 0 radical (unpaired) electrons. The predicted molar refractivity (Wildman–Crippen MR) is 319 cm³/mol. The number of rotatable bonds is 7. The Balaban J connectivity index is 0.897. The van der Waals surface area contributed by atoms with Crippen LogP contribution in [0.3, 0.4) is 0 Å². The molecule has 0 N–H and O–H groups in total. The summed E-state index contributed by atoms with van der Waals surface area (Å²) < 4.78 is 9.71. The summed E-state index contributed by atoms with van der Waals surface area (Å²) in [6.45, 7) is 0. The largest absolute Gasteiger partial charge is 0.309 e. The summed E-state index contributed by atoms with van der Waals surface area (Å²) in [5.74, 6) is 1.77. The minimum Gasteiger partial charge on any atom is -0.309 e. The zero-order chi connectivity index (χ0) is 49.8. The van der Waals surface area contributed by atoms with E-state index < -0.39 is 0 Å². The number of pyridine rings is 1. The first-order valence-electron chi connectivity index (χ1n) is 25.4. The Bertz CT molecular complexity index is 4920. The molecule has 6 aromatic heterocycles. The maximum atomic E-state index is 5.43. The lowest BCUT2D eigenvalue weighted by Crippen LogP contribution is -2.02. The van der Waals surface area contributed by atoms with E-state index >= 15 is 0 Å². The number of hydrogen-bond acceptors (Lipinski definition) is 6. The SMILES string of the molecule is c1ccc(-c2nc(-c3ccccc3)nc(-c3cc(-c4ccc5c(c4)sc4ccc6c(c7ccccc7n6-c6ccccc6)c45)cnc3-c3ccc4c(c3)sc3ccc5c(c6ccccc6n5-c5ccccc5)c34)n2)cc1. The second kappa shape index (κ2) is 17.0. The van der Waals surface area contributed by atoms with E-state index in [4.69, 9.17) is 19.9 Å². The minimum absolute atomic E-state index is 0.559. The van der Waals surface area contributed by atoms with E-state index in [1.54, 1.807) is 0 Å². The van der Waals surface area contributed by atoms with Gasteiger partial charge >= 0.3 is 0 Å². The average Bonchev–Trinajstić information content (AvgIpc) is 4.25. The van der Waals surface area contributed by atoms with Crippen LogP contribution in [0.25, 0.3) is 152 Å². The van der Waals surface area contributed by atoms with Gasteiger partial charge in [-0.2, -0.15) is 0 Å². The predicted octanol–water partition coefficient (Wildman–Crippen LogP) is 18.5. The summed E-state index contributed by atoms with van der Waals surface area (Å²) in [7, 11) is 0. The van der Waals surface area contributed by atoms with Crippen LogP contribution in [0.5, 0.6) is 0 Å². The van der Waals surface area contributed by atoms with Crippen LogP contribution in [0.15, 0.2) is 243 Å². The quantitative estimate of drug-likeness (QED) is 0.160. The first-order chi connectivity index (χ1) is 37.7. The Morgan fingerprint density at radius 3 is 1.26 bits per heavy atom. The highest BCUT2D eigenvalue weighted by Gasteiger charge is 2.23. The van der Waals surface area contributed by atoms with Gasteiger partial charge in [-0.25, -0.2) is 15.0 Å². The molecule has 76 heavy (non-hydrogen) atoms. The molecule has 0 fully saturated rings. The molecule has 0 aliphatic rings. The summed E-state index contributed by atoms with van der Waals surface area (Å²) in [5, 5.41) is 10.1. The lowest BCUT2D eigenvalue weighted by atomic mass is 9.98. The number of fused-ring (bicyclic) bond motifs is 14. The van der Waals surface area contributed by atoms with E-state index in [0.29, 0.717) is 17.5 Å². The van der Waals surface area contributed by atoms with Crippen molar-refractivity contribution in [2.75, 3.05) is 0 Å². The number of benzene rings is 10. The molecule has 354 valence electrons. The molecule has 0 atom stereocenters. The third kappa shape index (κ3) is 6.64. The van der Waals surface area contributed by atoms with Gasteiger partial charge in [0, 0.05) is 107 Å². The van der Waals surface area contributed by atoms with Gasteiger partial charge in [0.2, 0.25) is 0 Å². The fourth-order valence-corrected chi connectivity index (χ4v) is 13.9. The fourth-order valence-electron chi connectivity index (χ4n) is 11.6. The van der Waals surface area contributed by atoms with Gasteiger partial charge in [-0.3, -0.25) is 4.98 Å². The topological polar surface area (TPSA) is 61.4 Å². The molecule has 6 nitrogen and oxygen atoms in total. The lowest BCUT2D eigenvalue weighted by Gasteiger charge is -2.13. The number of nitrogens with zero attached hydrogens (tertiary/aromatic N) is 6. The average molecular weight is 1010 g/mol. The molecule has 0 saturated carbocycles. The Morgan fingerprint density at radius 2 is 0.737 bits per heavy atom. The summed E-state index contributed by atoms with van der Waals surface area (Å²) >= 11 is 3.67. The Morgan fingerprint density at radius 1 is 0.289 bits per heavy atom. The molecule has 10 aromatic carbocycles. The second-order valence-corrected chi connectivity index (χ2v) is 21.5. The van der Waals surface area contributed by atoms with Crippen LogP contribution < -0.4 is 0 Å². The van der Waals surface area contributed by atoms with E-state index in [-0.39, 0.29) is 0 Å². The van der Waals surface area contributed by atoms with Crippen LogP contribution in [0.4, 0.5) is 0 Å². The van der Waals surface area contributed by atoms with Gasteiger partial charge in [0.15, 0.2) is 17.5 Å². The molecule has 8 heteroatoms. The zero-order valence-corrected chi connectivity index (χ0v) is 42.2. The van der Waals surface area contributed by atoms with Crippen LogP contribution >= 0.6 is 22.7 Å². The van der Waals surface area contributed by atoms with Crippen molar-refractivity contribution >= 4 is 107 Å². The van der Waals surface area contributed by atoms with Gasteiger partial charge in [-0.15, -0.1) is 22.7 Å². The van der Waals surface area contributed by atoms with Gasteiger partial charge in [0.05, 0.1) is 27.8 Å². The lowest BCUT2D eigenvalue weighted by molar-refractivity contribution is 1.07. The molecule has 0 unspecified atom stereocenters. The number of para-hydroxylation sites is 4. The van der Waals surface area contributed by atoms with E-state index in [0.717, 1.165) is 50.4 Å².